The molecule has 0 saturated heterocycles. The van der Waals surface area contributed by atoms with Crippen molar-refractivity contribution < 1.29 is 13.5 Å². The third-order valence-electron chi connectivity index (χ3n) is 2.01. The normalized spacial score (nSPS) is 13.8. The number of anilines is 1. The average Bonchev–Trinajstić information content (AvgIpc) is 2.06. The van der Waals surface area contributed by atoms with Gasteiger partial charge in [-0.3, -0.25) is 0 Å². The maximum absolute atomic E-state index is 11.8. The molecule has 0 amide bonds. The van der Waals surface area contributed by atoms with Crippen LogP contribution in [-0.2, 0) is 9.84 Å². The smallest absolute Gasteiger partial charge is 0.181 e. The summed E-state index contributed by atoms with van der Waals surface area (Å²) in [6.07, 6.45) is -0.879. The van der Waals surface area contributed by atoms with E-state index in [9.17, 15) is 8.42 Å². The highest BCUT2D eigenvalue weighted by molar-refractivity contribution is 7.91. The van der Waals surface area contributed by atoms with Crippen LogP contribution in [0.1, 0.15) is 12.5 Å². The molecule has 84 valence electrons. The van der Waals surface area contributed by atoms with Crippen molar-refractivity contribution in [3.8, 4) is 0 Å². The van der Waals surface area contributed by atoms with Gasteiger partial charge in [0.15, 0.2) is 9.84 Å². The van der Waals surface area contributed by atoms with E-state index in [1.807, 2.05) is 0 Å². The Bertz CT molecular complexity index is 452. The third-order valence-corrected chi connectivity index (χ3v) is 4.04. The molecule has 1 aromatic carbocycles. The number of hydrogen-bond donors (Lipinski definition) is 2. The molecule has 3 N–H and O–H groups in total. The highest BCUT2D eigenvalue weighted by Crippen LogP contribution is 2.20. The minimum absolute atomic E-state index is 0.198. The highest BCUT2D eigenvalue weighted by atomic mass is 32.2. The quantitative estimate of drug-likeness (QED) is 0.749. The molecule has 5 heteroatoms. The molecule has 0 spiro atoms. The first kappa shape index (κ1) is 12.0. The largest absolute Gasteiger partial charge is 0.399 e. The van der Waals surface area contributed by atoms with Crippen LogP contribution in [0.2, 0.25) is 0 Å². The van der Waals surface area contributed by atoms with Crippen molar-refractivity contribution in [1.82, 2.24) is 0 Å². The van der Waals surface area contributed by atoms with E-state index in [0.29, 0.717) is 11.3 Å². The van der Waals surface area contributed by atoms with Gasteiger partial charge in [0.05, 0.1) is 16.8 Å². The summed E-state index contributed by atoms with van der Waals surface area (Å²) in [5.41, 5.74) is 6.58. The van der Waals surface area contributed by atoms with Gasteiger partial charge in [-0.25, -0.2) is 8.42 Å². The number of rotatable bonds is 3. The van der Waals surface area contributed by atoms with Crippen LogP contribution in [-0.4, -0.2) is 25.4 Å². The molecule has 0 aliphatic heterocycles. The lowest BCUT2D eigenvalue weighted by Crippen LogP contribution is -2.18. The van der Waals surface area contributed by atoms with Gasteiger partial charge >= 0.3 is 0 Å². The Morgan fingerprint density at radius 1 is 1.47 bits per heavy atom. The topological polar surface area (TPSA) is 80.4 Å². The second kappa shape index (κ2) is 4.20. The fraction of sp³-hybridized carbons (Fsp3) is 0.400. The number of aliphatic hydroxyl groups is 1. The van der Waals surface area contributed by atoms with Crippen molar-refractivity contribution in [1.29, 1.82) is 0 Å². The van der Waals surface area contributed by atoms with Crippen molar-refractivity contribution in [3.05, 3.63) is 23.8 Å². The van der Waals surface area contributed by atoms with Crippen LogP contribution in [0.25, 0.3) is 0 Å². The van der Waals surface area contributed by atoms with Crippen LogP contribution >= 0.6 is 0 Å². The van der Waals surface area contributed by atoms with Gasteiger partial charge in [-0.15, -0.1) is 0 Å². The van der Waals surface area contributed by atoms with Crippen molar-refractivity contribution in [2.75, 3.05) is 11.5 Å². The molecule has 0 fully saturated rings. The van der Waals surface area contributed by atoms with Crippen LogP contribution in [0, 0.1) is 6.92 Å². The SMILES string of the molecule is Cc1ccc(N)cc1S(=O)(=O)CC(C)O. The lowest BCUT2D eigenvalue weighted by atomic mass is 10.2. The standard InChI is InChI=1S/C10H15NO3S/c1-7-3-4-9(11)5-10(7)15(13,14)6-8(2)12/h3-5,8,12H,6,11H2,1-2H3. The van der Waals surface area contributed by atoms with Gasteiger partial charge in [-0.1, -0.05) is 6.07 Å². The van der Waals surface area contributed by atoms with E-state index < -0.39 is 15.9 Å². The van der Waals surface area contributed by atoms with Crippen LogP contribution in [0.5, 0.6) is 0 Å². The Balaban J connectivity index is 3.21. The first-order valence-electron chi connectivity index (χ1n) is 4.60. The van der Waals surface area contributed by atoms with Gasteiger partial charge in [-0.05, 0) is 31.5 Å². The van der Waals surface area contributed by atoms with Gasteiger partial charge < -0.3 is 10.8 Å². The molecule has 0 radical (unpaired) electrons. The van der Waals surface area contributed by atoms with Crippen LogP contribution in [0.15, 0.2) is 23.1 Å². The fourth-order valence-corrected chi connectivity index (χ4v) is 3.05. The molecule has 1 unspecified atom stereocenters. The van der Waals surface area contributed by atoms with Gasteiger partial charge in [0, 0.05) is 5.69 Å². The number of benzene rings is 1. The fourth-order valence-electron chi connectivity index (χ4n) is 1.36. The molecule has 0 saturated carbocycles. The zero-order valence-electron chi connectivity index (χ0n) is 8.77. The summed E-state index contributed by atoms with van der Waals surface area (Å²) in [6, 6.07) is 4.73. The maximum atomic E-state index is 11.8. The second-order valence-electron chi connectivity index (χ2n) is 3.66. The molecule has 1 aromatic rings. The maximum Gasteiger partial charge on any atom is 0.181 e. The summed E-state index contributed by atoms with van der Waals surface area (Å²) in [4.78, 5) is 0.198. The van der Waals surface area contributed by atoms with E-state index in [4.69, 9.17) is 10.8 Å². The summed E-state index contributed by atoms with van der Waals surface area (Å²) >= 11 is 0. The van der Waals surface area contributed by atoms with E-state index in [0.717, 1.165) is 0 Å². The number of hydrogen-bond acceptors (Lipinski definition) is 4. The molecule has 0 heterocycles. The molecule has 0 bridgehead atoms. The predicted molar refractivity (Wildman–Crippen MR) is 59.3 cm³/mol. The highest BCUT2D eigenvalue weighted by Gasteiger charge is 2.19. The third kappa shape index (κ3) is 2.94. The Morgan fingerprint density at radius 3 is 2.60 bits per heavy atom. The van der Waals surface area contributed by atoms with Gasteiger partial charge in [0.2, 0.25) is 0 Å². The molecule has 4 nitrogen and oxygen atoms in total. The molecule has 1 rings (SSSR count). The Kier molecular flexibility index (Phi) is 3.36. The number of aliphatic hydroxyl groups excluding tert-OH is 1. The average molecular weight is 229 g/mol. The van der Waals surface area contributed by atoms with E-state index >= 15 is 0 Å². The summed E-state index contributed by atoms with van der Waals surface area (Å²) in [7, 11) is -3.44. The van der Waals surface area contributed by atoms with Crippen LogP contribution in [0.3, 0.4) is 0 Å². The van der Waals surface area contributed by atoms with Crippen molar-refractivity contribution >= 4 is 15.5 Å². The molecule has 0 aliphatic rings. The Morgan fingerprint density at radius 2 is 2.07 bits per heavy atom. The lowest BCUT2D eigenvalue weighted by molar-refractivity contribution is 0.218. The summed E-state index contributed by atoms with van der Waals surface area (Å²) in [5, 5.41) is 9.10. The molecule has 0 aromatic heterocycles. The molecule has 15 heavy (non-hydrogen) atoms. The summed E-state index contributed by atoms with van der Waals surface area (Å²) in [6.45, 7) is 3.15. The van der Waals surface area contributed by atoms with E-state index in [-0.39, 0.29) is 10.6 Å². The molecule has 0 aliphatic carbocycles. The Hall–Kier alpha value is -1.07. The van der Waals surface area contributed by atoms with Crippen LogP contribution < -0.4 is 5.73 Å². The lowest BCUT2D eigenvalue weighted by Gasteiger charge is -2.09. The minimum Gasteiger partial charge on any atom is -0.399 e. The first-order valence-corrected chi connectivity index (χ1v) is 6.25. The molecular weight excluding hydrogens is 214 g/mol. The van der Waals surface area contributed by atoms with Crippen molar-refractivity contribution in [2.24, 2.45) is 0 Å². The molecule has 1 atom stereocenters. The number of sulfone groups is 1. The first-order chi connectivity index (χ1) is 6.83. The molecular formula is C10H15NO3S. The zero-order valence-corrected chi connectivity index (χ0v) is 9.58. The van der Waals surface area contributed by atoms with Gasteiger partial charge in [0.1, 0.15) is 0 Å². The van der Waals surface area contributed by atoms with E-state index in [1.54, 1.807) is 19.1 Å². The second-order valence-corrected chi connectivity index (χ2v) is 5.66. The Labute approximate surface area is 89.7 Å². The number of nitrogens with two attached hydrogens (primary N) is 1. The van der Waals surface area contributed by atoms with Crippen molar-refractivity contribution in [3.63, 3.8) is 0 Å². The van der Waals surface area contributed by atoms with E-state index in [1.165, 1.54) is 13.0 Å². The van der Waals surface area contributed by atoms with Crippen LogP contribution in [0.4, 0.5) is 5.69 Å². The predicted octanol–water partition coefficient (Wildman–Crippen LogP) is 0.732. The number of aryl methyl sites for hydroxylation is 1. The monoisotopic (exact) mass is 229 g/mol. The number of nitrogen functional groups attached to an aromatic ring is 1. The van der Waals surface area contributed by atoms with Gasteiger partial charge in [-0.2, -0.15) is 0 Å². The van der Waals surface area contributed by atoms with E-state index in [2.05, 4.69) is 0 Å². The summed E-state index contributed by atoms with van der Waals surface area (Å²) < 4.78 is 23.6. The zero-order chi connectivity index (χ0) is 11.6. The van der Waals surface area contributed by atoms with Gasteiger partial charge in [0.25, 0.3) is 0 Å². The summed E-state index contributed by atoms with van der Waals surface area (Å²) in [5.74, 6) is -0.280. The van der Waals surface area contributed by atoms with Crippen molar-refractivity contribution in [2.45, 2.75) is 24.8 Å². The minimum atomic E-state index is -3.44.